The molecule has 1 aliphatic carbocycles. The SMILES string of the molecule is O=C(COC(=O)C1CCCCC1)Nc1nc2c(F)c(F)c(F)cc2s1. The van der Waals surface area contributed by atoms with E-state index in [9.17, 15) is 22.8 Å². The number of amides is 1. The van der Waals surface area contributed by atoms with Crippen molar-refractivity contribution >= 4 is 38.6 Å². The maximum atomic E-state index is 13.6. The Morgan fingerprint density at radius 2 is 1.92 bits per heavy atom. The number of aromatic nitrogens is 1. The molecule has 1 N–H and O–H groups in total. The summed E-state index contributed by atoms with van der Waals surface area (Å²) in [5.74, 6) is -5.58. The molecule has 1 amide bonds. The standard InChI is InChI=1S/C16H15F3N2O3S/c17-9-6-10-14(13(19)12(9)18)21-16(25-10)20-11(22)7-24-15(23)8-4-2-1-3-5-8/h6,8H,1-5,7H2,(H,20,21,22). The average Bonchev–Trinajstić information content (AvgIpc) is 3.00. The largest absolute Gasteiger partial charge is 0.455 e. The summed E-state index contributed by atoms with van der Waals surface area (Å²) in [5.41, 5.74) is -0.363. The summed E-state index contributed by atoms with van der Waals surface area (Å²) in [4.78, 5) is 27.4. The zero-order valence-electron chi connectivity index (χ0n) is 13.1. The Bertz CT molecular complexity index is 819. The Morgan fingerprint density at radius 1 is 1.20 bits per heavy atom. The fourth-order valence-corrected chi connectivity index (χ4v) is 3.68. The highest BCUT2D eigenvalue weighted by atomic mass is 32.1. The second-order valence-electron chi connectivity index (χ2n) is 5.84. The van der Waals surface area contributed by atoms with E-state index in [1.807, 2.05) is 0 Å². The van der Waals surface area contributed by atoms with Crippen LogP contribution < -0.4 is 5.32 Å². The molecular formula is C16H15F3N2O3S. The van der Waals surface area contributed by atoms with E-state index < -0.39 is 35.9 Å². The quantitative estimate of drug-likeness (QED) is 0.655. The van der Waals surface area contributed by atoms with Gasteiger partial charge in [-0.05, 0) is 18.9 Å². The Kier molecular flexibility index (Phi) is 5.22. The molecular weight excluding hydrogens is 357 g/mol. The summed E-state index contributed by atoms with van der Waals surface area (Å²) in [6, 6.07) is 0.810. The lowest BCUT2D eigenvalue weighted by Gasteiger charge is -2.19. The topological polar surface area (TPSA) is 68.3 Å². The number of anilines is 1. The number of nitrogens with one attached hydrogen (secondary N) is 1. The van der Waals surface area contributed by atoms with E-state index in [1.165, 1.54) is 0 Å². The van der Waals surface area contributed by atoms with Crippen LogP contribution in [0.15, 0.2) is 6.07 Å². The van der Waals surface area contributed by atoms with Gasteiger partial charge in [0, 0.05) is 0 Å². The summed E-state index contributed by atoms with van der Waals surface area (Å²) in [5, 5.41) is 2.31. The van der Waals surface area contributed by atoms with Gasteiger partial charge >= 0.3 is 5.97 Å². The number of thiazole rings is 1. The molecule has 5 nitrogen and oxygen atoms in total. The van der Waals surface area contributed by atoms with Gasteiger partial charge < -0.3 is 4.74 Å². The lowest BCUT2D eigenvalue weighted by molar-refractivity contribution is -0.152. The second-order valence-corrected chi connectivity index (χ2v) is 6.87. The number of halogens is 3. The molecule has 0 bridgehead atoms. The van der Waals surface area contributed by atoms with Crippen molar-refractivity contribution in [2.75, 3.05) is 11.9 Å². The summed E-state index contributed by atoms with van der Waals surface area (Å²) >= 11 is 0.795. The highest BCUT2D eigenvalue weighted by Gasteiger charge is 2.23. The lowest BCUT2D eigenvalue weighted by atomic mass is 9.89. The van der Waals surface area contributed by atoms with Crippen molar-refractivity contribution < 1.29 is 27.5 Å². The number of rotatable bonds is 4. The number of ether oxygens (including phenoxy) is 1. The van der Waals surface area contributed by atoms with Crippen LogP contribution in [-0.4, -0.2) is 23.5 Å². The first-order valence-corrected chi connectivity index (χ1v) is 8.68. The van der Waals surface area contributed by atoms with Crippen molar-refractivity contribution in [2.24, 2.45) is 5.92 Å². The molecule has 0 unspecified atom stereocenters. The van der Waals surface area contributed by atoms with Crippen molar-refractivity contribution in [1.29, 1.82) is 0 Å². The van der Waals surface area contributed by atoms with Crippen LogP contribution in [-0.2, 0) is 14.3 Å². The van der Waals surface area contributed by atoms with Crippen molar-refractivity contribution in [1.82, 2.24) is 4.98 Å². The third kappa shape index (κ3) is 3.92. The fraction of sp³-hybridized carbons (Fsp3) is 0.438. The van der Waals surface area contributed by atoms with Gasteiger partial charge in [0.25, 0.3) is 5.91 Å². The van der Waals surface area contributed by atoms with Crippen LogP contribution in [0.5, 0.6) is 0 Å². The van der Waals surface area contributed by atoms with Gasteiger partial charge in [-0.1, -0.05) is 30.6 Å². The molecule has 0 atom stereocenters. The zero-order valence-corrected chi connectivity index (χ0v) is 13.9. The molecule has 0 aliphatic heterocycles. The molecule has 2 aromatic rings. The minimum Gasteiger partial charge on any atom is -0.455 e. The molecule has 9 heteroatoms. The summed E-state index contributed by atoms with van der Waals surface area (Å²) in [6.07, 6.45) is 4.55. The van der Waals surface area contributed by atoms with E-state index in [0.717, 1.165) is 49.5 Å². The fourth-order valence-electron chi connectivity index (χ4n) is 2.78. The zero-order chi connectivity index (χ0) is 18.0. The van der Waals surface area contributed by atoms with E-state index >= 15 is 0 Å². The Balaban J connectivity index is 1.60. The molecule has 1 heterocycles. The van der Waals surface area contributed by atoms with Crippen LogP contribution in [0, 0.1) is 23.4 Å². The van der Waals surface area contributed by atoms with E-state index in [0.29, 0.717) is 0 Å². The molecule has 25 heavy (non-hydrogen) atoms. The van der Waals surface area contributed by atoms with Gasteiger partial charge in [-0.15, -0.1) is 0 Å². The van der Waals surface area contributed by atoms with Crippen LogP contribution in [0.2, 0.25) is 0 Å². The van der Waals surface area contributed by atoms with Gasteiger partial charge in [-0.2, -0.15) is 0 Å². The number of carbonyl (C=O) groups is 2. The van der Waals surface area contributed by atoms with Crippen LogP contribution >= 0.6 is 11.3 Å². The molecule has 0 radical (unpaired) electrons. The van der Waals surface area contributed by atoms with Gasteiger partial charge in [-0.3, -0.25) is 14.9 Å². The monoisotopic (exact) mass is 372 g/mol. The highest BCUT2D eigenvalue weighted by molar-refractivity contribution is 7.22. The molecule has 1 saturated carbocycles. The van der Waals surface area contributed by atoms with E-state index in [4.69, 9.17) is 4.74 Å². The van der Waals surface area contributed by atoms with Gasteiger partial charge in [0.15, 0.2) is 29.2 Å². The minimum atomic E-state index is -1.61. The normalized spacial score (nSPS) is 15.3. The number of fused-ring (bicyclic) bond motifs is 1. The predicted octanol–water partition coefficient (Wildman–Crippen LogP) is 3.78. The third-order valence-corrected chi connectivity index (χ3v) is 4.97. The number of hydrogen-bond donors (Lipinski definition) is 1. The van der Waals surface area contributed by atoms with E-state index in [-0.39, 0.29) is 21.3 Å². The van der Waals surface area contributed by atoms with Crippen LogP contribution in [0.3, 0.4) is 0 Å². The van der Waals surface area contributed by atoms with Gasteiger partial charge in [0.05, 0.1) is 10.6 Å². The van der Waals surface area contributed by atoms with Crippen LogP contribution in [0.25, 0.3) is 10.2 Å². The maximum Gasteiger partial charge on any atom is 0.309 e. The molecule has 1 aliphatic rings. The minimum absolute atomic E-state index is 0.0300. The van der Waals surface area contributed by atoms with E-state index in [2.05, 4.69) is 10.3 Å². The van der Waals surface area contributed by atoms with Crippen LogP contribution in [0.4, 0.5) is 18.3 Å². The molecule has 0 saturated heterocycles. The average molecular weight is 372 g/mol. The summed E-state index contributed by atoms with van der Waals surface area (Å²) in [6.45, 7) is -0.490. The second kappa shape index (κ2) is 7.38. The first-order valence-electron chi connectivity index (χ1n) is 7.86. The molecule has 3 rings (SSSR count). The molecule has 1 fully saturated rings. The first-order chi connectivity index (χ1) is 12.0. The lowest BCUT2D eigenvalue weighted by Crippen LogP contribution is -2.25. The highest BCUT2D eigenvalue weighted by Crippen LogP contribution is 2.30. The third-order valence-electron chi connectivity index (χ3n) is 4.05. The maximum absolute atomic E-state index is 13.6. The number of esters is 1. The Labute approximate surface area is 145 Å². The molecule has 134 valence electrons. The predicted molar refractivity (Wildman–Crippen MR) is 85.7 cm³/mol. The van der Waals surface area contributed by atoms with E-state index in [1.54, 1.807) is 0 Å². The van der Waals surface area contributed by atoms with Crippen molar-refractivity contribution in [3.05, 3.63) is 23.5 Å². The van der Waals surface area contributed by atoms with Crippen molar-refractivity contribution in [3.8, 4) is 0 Å². The van der Waals surface area contributed by atoms with Gasteiger partial charge in [-0.25, -0.2) is 18.2 Å². The number of hydrogen-bond acceptors (Lipinski definition) is 5. The molecule has 1 aromatic heterocycles. The number of benzene rings is 1. The molecule has 0 spiro atoms. The Hall–Kier alpha value is -2.16. The summed E-state index contributed by atoms with van der Waals surface area (Å²) < 4.78 is 45.0. The first kappa shape index (κ1) is 17.7. The molecule has 1 aromatic carbocycles. The van der Waals surface area contributed by atoms with Crippen molar-refractivity contribution in [2.45, 2.75) is 32.1 Å². The number of carbonyl (C=O) groups excluding carboxylic acids is 2. The summed E-state index contributed by atoms with van der Waals surface area (Å²) in [7, 11) is 0. The Morgan fingerprint density at radius 3 is 2.64 bits per heavy atom. The smallest absolute Gasteiger partial charge is 0.309 e. The van der Waals surface area contributed by atoms with Crippen LogP contribution in [0.1, 0.15) is 32.1 Å². The number of nitrogens with zero attached hydrogens (tertiary/aromatic N) is 1. The van der Waals surface area contributed by atoms with Gasteiger partial charge in [0.2, 0.25) is 0 Å². The van der Waals surface area contributed by atoms with Crippen molar-refractivity contribution in [3.63, 3.8) is 0 Å². The van der Waals surface area contributed by atoms with Gasteiger partial charge in [0.1, 0.15) is 5.52 Å².